The molecule has 2 saturated carbocycles. The van der Waals surface area contributed by atoms with Crippen molar-refractivity contribution in [3.8, 4) is 0 Å². The SMILES string of the molecule is NNc1c(F)cccc1C(=O)NCC(C1CC1)C1CC1. The normalized spacial score (nSPS) is 18.1. The third kappa shape index (κ3) is 2.77. The van der Waals surface area contributed by atoms with Gasteiger partial charge < -0.3 is 10.7 Å². The summed E-state index contributed by atoms with van der Waals surface area (Å²) in [5.74, 6) is 6.68. The first-order valence-electron chi connectivity index (χ1n) is 7.24. The van der Waals surface area contributed by atoms with Gasteiger partial charge in [-0.25, -0.2) is 4.39 Å². The van der Waals surface area contributed by atoms with E-state index in [2.05, 4.69) is 10.7 Å². The zero-order chi connectivity index (χ0) is 14.1. The van der Waals surface area contributed by atoms with Crippen molar-refractivity contribution in [2.45, 2.75) is 25.7 Å². The van der Waals surface area contributed by atoms with Crippen LogP contribution in [-0.2, 0) is 0 Å². The van der Waals surface area contributed by atoms with Crippen LogP contribution in [0.2, 0.25) is 0 Å². The Bertz CT molecular complexity index is 500. The number of nitrogen functional groups attached to an aromatic ring is 1. The van der Waals surface area contributed by atoms with E-state index in [4.69, 9.17) is 5.84 Å². The molecule has 0 heterocycles. The summed E-state index contributed by atoms with van der Waals surface area (Å²) >= 11 is 0. The van der Waals surface area contributed by atoms with Gasteiger partial charge in [-0.2, -0.15) is 0 Å². The van der Waals surface area contributed by atoms with Gasteiger partial charge >= 0.3 is 0 Å². The molecule has 0 aliphatic heterocycles. The van der Waals surface area contributed by atoms with Crippen molar-refractivity contribution in [2.24, 2.45) is 23.6 Å². The maximum atomic E-state index is 13.6. The molecule has 1 aromatic rings. The van der Waals surface area contributed by atoms with Crippen LogP contribution in [0, 0.1) is 23.6 Å². The number of nitrogens with one attached hydrogen (secondary N) is 2. The van der Waals surface area contributed by atoms with Crippen LogP contribution in [0.5, 0.6) is 0 Å². The van der Waals surface area contributed by atoms with Crippen molar-refractivity contribution in [3.05, 3.63) is 29.6 Å². The van der Waals surface area contributed by atoms with Gasteiger partial charge in [-0.05, 0) is 55.6 Å². The Morgan fingerprint density at radius 1 is 1.30 bits per heavy atom. The third-order valence-corrected chi connectivity index (χ3v) is 4.36. The van der Waals surface area contributed by atoms with E-state index in [1.807, 2.05) is 0 Å². The number of hydrogen-bond acceptors (Lipinski definition) is 3. The predicted molar refractivity (Wildman–Crippen MR) is 75.5 cm³/mol. The van der Waals surface area contributed by atoms with Crippen LogP contribution in [0.1, 0.15) is 36.0 Å². The molecule has 0 radical (unpaired) electrons. The zero-order valence-electron chi connectivity index (χ0n) is 11.4. The van der Waals surface area contributed by atoms with Gasteiger partial charge in [0.25, 0.3) is 5.91 Å². The summed E-state index contributed by atoms with van der Waals surface area (Å²) in [5.41, 5.74) is 2.58. The summed E-state index contributed by atoms with van der Waals surface area (Å²) in [6, 6.07) is 4.38. The average molecular weight is 277 g/mol. The highest BCUT2D eigenvalue weighted by Gasteiger charge is 2.41. The summed E-state index contributed by atoms with van der Waals surface area (Å²) in [6.07, 6.45) is 5.14. The zero-order valence-corrected chi connectivity index (χ0v) is 11.4. The minimum atomic E-state index is -0.513. The Balaban J connectivity index is 1.65. The van der Waals surface area contributed by atoms with E-state index >= 15 is 0 Å². The second kappa shape index (κ2) is 5.40. The Labute approximate surface area is 117 Å². The van der Waals surface area contributed by atoms with Gasteiger partial charge in [0.1, 0.15) is 5.82 Å². The molecule has 0 unspecified atom stereocenters. The van der Waals surface area contributed by atoms with Crippen LogP contribution in [0.25, 0.3) is 0 Å². The monoisotopic (exact) mass is 277 g/mol. The number of benzene rings is 1. The largest absolute Gasteiger partial charge is 0.352 e. The summed E-state index contributed by atoms with van der Waals surface area (Å²) in [4.78, 5) is 12.2. The lowest BCUT2D eigenvalue weighted by molar-refractivity contribution is 0.0944. The fourth-order valence-corrected chi connectivity index (χ4v) is 2.93. The van der Waals surface area contributed by atoms with Gasteiger partial charge in [0.2, 0.25) is 0 Å². The Morgan fingerprint density at radius 3 is 2.50 bits per heavy atom. The van der Waals surface area contributed by atoms with E-state index in [-0.39, 0.29) is 17.2 Å². The van der Waals surface area contributed by atoms with Gasteiger partial charge in [-0.3, -0.25) is 10.6 Å². The standard InChI is InChI=1S/C15H20FN3O/c16-13-3-1-2-11(14(13)19-17)15(20)18-8-12(9-4-5-9)10-6-7-10/h1-3,9-10,12,19H,4-8,17H2,(H,18,20). The maximum absolute atomic E-state index is 13.6. The molecule has 0 saturated heterocycles. The number of hydrogen-bond donors (Lipinski definition) is 3. The van der Waals surface area contributed by atoms with Gasteiger partial charge in [-0.15, -0.1) is 0 Å². The lowest BCUT2D eigenvalue weighted by Crippen LogP contribution is -2.32. The molecule has 4 N–H and O–H groups in total. The Kier molecular flexibility index (Phi) is 3.61. The van der Waals surface area contributed by atoms with Crippen molar-refractivity contribution in [1.29, 1.82) is 0 Å². The number of para-hydroxylation sites is 1. The molecule has 5 heteroatoms. The van der Waals surface area contributed by atoms with E-state index in [0.29, 0.717) is 12.5 Å². The molecule has 20 heavy (non-hydrogen) atoms. The van der Waals surface area contributed by atoms with E-state index in [1.165, 1.54) is 37.8 Å². The first kappa shape index (κ1) is 13.4. The van der Waals surface area contributed by atoms with Crippen LogP contribution < -0.4 is 16.6 Å². The van der Waals surface area contributed by atoms with Crippen LogP contribution in [-0.4, -0.2) is 12.5 Å². The molecule has 1 amide bonds. The smallest absolute Gasteiger partial charge is 0.253 e. The molecule has 0 atom stereocenters. The molecule has 2 fully saturated rings. The molecule has 3 rings (SSSR count). The Hall–Kier alpha value is -1.62. The van der Waals surface area contributed by atoms with E-state index in [1.54, 1.807) is 6.07 Å². The fraction of sp³-hybridized carbons (Fsp3) is 0.533. The number of rotatable bonds is 6. The molecule has 1 aromatic carbocycles. The highest BCUT2D eigenvalue weighted by molar-refractivity contribution is 5.99. The first-order valence-corrected chi connectivity index (χ1v) is 7.24. The van der Waals surface area contributed by atoms with Gasteiger partial charge in [0.05, 0.1) is 11.3 Å². The number of carbonyl (C=O) groups excluding carboxylic acids is 1. The number of halogens is 1. The minimum absolute atomic E-state index is 0.0550. The quantitative estimate of drug-likeness (QED) is 0.552. The summed E-state index contributed by atoms with van der Waals surface area (Å²) in [5, 5.41) is 2.94. The average Bonchev–Trinajstić information content (AvgIpc) is 3.31. The second-order valence-electron chi connectivity index (χ2n) is 5.86. The summed E-state index contributed by atoms with van der Waals surface area (Å²) in [7, 11) is 0. The molecule has 0 aromatic heterocycles. The molecule has 2 aliphatic carbocycles. The predicted octanol–water partition coefficient (Wildman–Crippen LogP) is 2.28. The third-order valence-electron chi connectivity index (χ3n) is 4.36. The molecule has 4 nitrogen and oxygen atoms in total. The molecule has 2 aliphatic rings. The number of amides is 1. The first-order chi connectivity index (χ1) is 9.70. The van der Waals surface area contributed by atoms with Crippen molar-refractivity contribution >= 4 is 11.6 Å². The summed E-state index contributed by atoms with van der Waals surface area (Å²) in [6.45, 7) is 0.689. The van der Waals surface area contributed by atoms with Crippen LogP contribution in [0.4, 0.5) is 10.1 Å². The molecular weight excluding hydrogens is 257 g/mol. The molecule has 0 spiro atoms. The van der Waals surface area contributed by atoms with E-state index in [9.17, 15) is 9.18 Å². The molecule has 108 valence electrons. The highest BCUT2D eigenvalue weighted by atomic mass is 19.1. The molecule has 0 bridgehead atoms. The van der Waals surface area contributed by atoms with Gasteiger partial charge in [-0.1, -0.05) is 6.07 Å². The lowest BCUT2D eigenvalue weighted by atomic mass is 9.98. The highest BCUT2D eigenvalue weighted by Crippen LogP contribution is 2.48. The second-order valence-corrected chi connectivity index (χ2v) is 5.86. The van der Waals surface area contributed by atoms with Gasteiger partial charge in [0, 0.05) is 6.54 Å². The fourth-order valence-electron chi connectivity index (χ4n) is 2.93. The number of carbonyl (C=O) groups is 1. The van der Waals surface area contributed by atoms with Crippen LogP contribution in [0.15, 0.2) is 18.2 Å². The number of nitrogens with two attached hydrogens (primary N) is 1. The van der Waals surface area contributed by atoms with E-state index in [0.717, 1.165) is 11.8 Å². The van der Waals surface area contributed by atoms with E-state index < -0.39 is 5.82 Å². The lowest BCUT2D eigenvalue weighted by Gasteiger charge is -2.17. The van der Waals surface area contributed by atoms with Gasteiger partial charge in [0.15, 0.2) is 0 Å². The number of anilines is 1. The number of hydrazine groups is 1. The topological polar surface area (TPSA) is 67.1 Å². The van der Waals surface area contributed by atoms with Crippen LogP contribution in [0.3, 0.4) is 0 Å². The maximum Gasteiger partial charge on any atom is 0.253 e. The van der Waals surface area contributed by atoms with Crippen molar-refractivity contribution < 1.29 is 9.18 Å². The van der Waals surface area contributed by atoms with Crippen molar-refractivity contribution in [1.82, 2.24) is 5.32 Å². The Morgan fingerprint density at radius 2 is 1.95 bits per heavy atom. The van der Waals surface area contributed by atoms with Crippen LogP contribution >= 0.6 is 0 Å². The minimum Gasteiger partial charge on any atom is -0.352 e. The van der Waals surface area contributed by atoms with Crippen molar-refractivity contribution in [2.75, 3.05) is 12.0 Å². The summed E-state index contributed by atoms with van der Waals surface area (Å²) < 4.78 is 13.6. The molecular formula is C15H20FN3O. The van der Waals surface area contributed by atoms with Crippen molar-refractivity contribution in [3.63, 3.8) is 0 Å².